The quantitative estimate of drug-likeness (QED) is 0.524. The molecule has 26 heavy (non-hydrogen) atoms. The molecule has 7 heteroatoms. The summed E-state index contributed by atoms with van der Waals surface area (Å²) in [6.07, 6.45) is 0.902. The van der Waals surface area contributed by atoms with Gasteiger partial charge in [-0.3, -0.25) is 0 Å². The molecule has 0 amide bonds. The Balaban J connectivity index is 2.18. The Morgan fingerprint density at radius 2 is 1.96 bits per heavy atom. The van der Waals surface area contributed by atoms with Gasteiger partial charge in [0.1, 0.15) is 12.4 Å². The molecule has 0 atom stereocenters. The molecule has 0 aliphatic heterocycles. The van der Waals surface area contributed by atoms with Gasteiger partial charge in [0, 0.05) is 35.9 Å². The first-order chi connectivity index (χ1) is 12.6. The summed E-state index contributed by atoms with van der Waals surface area (Å²) in [5.41, 5.74) is 1.21. The number of benzene rings is 2. The van der Waals surface area contributed by atoms with Crippen molar-refractivity contribution in [2.24, 2.45) is 0 Å². The summed E-state index contributed by atoms with van der Waals surface area (Å²) in [7, 11) is 3.25. The molecule has 0 aromatic heterocycles. The van der Waals surface area contributed by atoms with Crippen LogP contribution < -0.4 is 14.8 Å². The molecular formula is C19H22BrClFNO3. The number of halogens is 3. The van der Waals surface area contributed by atoms with Crippen LogP contribution in [0.2, 0.25) is 5.02 Å². The Labute approximate surface area is 166 Å². The first-order valence-electron chi connectivity index (χ1n) is 8.19. The molecule has 0 aliphatic carbocycles. The van der Waals surface area contributed by atoms with Gasteiger partial charge >= 0.3 is 0 Å². The Hall–Kier alpha value is -1.34. The van der Waals surface area contributed by atoms with Crippen molar-refractivity contribution < 1.29 is 18.6 Å². The van der Waals surface area contributed by atoms with Crippen molar-refractivity contribution in [1.29, 1.82) is 0 Å². The van der Waals surface area contributed by atoms with Crippen molar-refractivity contribution in [3.63, 3.8) is 0 Å². The third-order valence-electron chi connectivity index (χ3n) is 3.81. The van der Waals surface area contributed by atoms with Crippen LogP contribution in [0.15, 0.2) is 34.8 Å². The van der Waals surface area contributed by atoms with E-state index in [4.69, 9.17) is 25.8 Å². The highest BCUT2D eigenvalue weighted by atomic mass is 79.9. The van der Waals surface area contributed by atoms with E-state index in [0.717, 1.165) is 23.0 Å². The van der Waals surface area contributed by atoms with Gasteiger partial charge in [-0.15, -0.1) is 0 Å². The smallest absolute Gasteiger partial charge is 0.167 e. The molecule has 0 radical (unpaired) electrons. The first kappa shape index (κ1) is 21.0. The van der Waals surface area contributed by atoms with Gasteiger partial charge in [-0.1, -0.05) is 33.6 Å². The third kappa shape index (κ3) is 5.58. The summed E-state index contributed by atoms with van der Waals surface area (Å²) < 4.78 is 31.3. The Bertz CT molecular complexity index is 710. The second-order valence-electron chi connectivity index (χ2n) is 5.57. The van der Waals surface area contributed by atoms with Crippen LogP contribution in [0.1, 0.15) is 17.5 Å². The molecule has 0 saturated heterocycles. The van der Waals surface area contributed by atoms with Crippen molar-refractivity contribution in [3.8, 4) is 11.5 Å². The van der Waals surface area contributed by atoms with Crippen molar-refractivity contribution in [2.45, 2.75) is 19.6 Å². The lowest BCUT2D eigenvalue weighted by Crippen LogP contribution is -2.17. The van der Waals surface area contributed by atoms with E-state index < -0.39 is 5.82 Å². The summed E-state index contributed by atoms with van der Waals surface area (Å²) in [6.45, 7) is 2.08. The lowest BCUT2D eigenvalue weighted by molar-refractivity contribution is 0.194. The highest BCUT2D eigenvalue weighted by Gasteiger charge is 2.16. The van der Waals surface area contributed by atoms with Crippen LogP contribution in [0.25, 0.3) is 0 Å². The van der Waals surface area contributed by atoms with Gasteiger partial charge < -0.3 is 19.5 Å². The van der Waals surface area contributed by atoms with Crippen LogP contribution in [0.3, 0.4) is 0 Å². The Kier molecular flexibility index (Phi) is 8.65. The van der Waals surface area contributed by atoms with Crippen molar-refractivity contribution >= 4 is 27.5 Å². The molecule has 0 spiro atoms. The van der Waals surface area contributed by atoms with E-state index in [9.17, 15) is 4.39 Å². The number of hydrogen-bond donors (Lipinski definition) is 1. The maximum Gasteiger partial charge on any atom is 0.167 e. The van der Waals surface area contributed by atoms with Crippen LogP contribution in [-0.2, 0) is 17.9 Å². The molecule has 0 unspecified atom stereocenters. The van der Waals surface area contributed by atoms with Gasteiger partial charge in [-0.25, -0.2) is 4.39 Å². The average Bonchev–Trinajstić information content (AvgIpc) is 2.63. The zero-order valence-corrected chi connectivity index (χ0v) is 17.1. The minimum Gasteiger partial charge on any atom is -0.493 e. The van der Waals surface area contributed by atoms with Gasteiger partial charge in [0.15, 0.2) is 11.5 Å². The van der Waals surface area contributed by atoms with Crippen molar-refractivity contribution in [2.75, 3.05) is 27.4 Å². The van der Waals surface area contributed by atoms with E-state index in [0.29, 0.717) is 35.2 Å². The van der Waals surface area contributed by atoms with Gasteiger partial charge in [0.2, 0.25) is 0 Å². The van der Waals surface area contributed by atoms with E-state index in [1.165, 1.54) is 6.07 Å². The molecule has 0 aliphatic rings. The molecule has 4 nitrogen and oxygen atoms in total. The largest absolute Gasteiger partial charge is 0.493 e. The summed E-state index contributed by atoms with van der Waals surface area (Å²) in [5, 5.41) is 3.68. The molecule has 142 valence electrons. The molecule has 2 aromatic rings. The second-order valence-corrected chi connectivity index (χ2v) is 6.83. The molecule has 2 aromatic carbocycles. The van der Waals surface area contributed by atoms with Crippen molar-refractivity contribution in [3.05, 3.63) is 56.8 Å². The number of hydrogen-bond acceptors (Lipinski definition) is 4. The Morgan fingerprint density at radius 1 is 1.15 bits per heavy atom. The number of methoxy groups -OCH3 is 2. The topological polar surface area (TPSA) is 39.7 Å². The van der Waals surface area contributed by atoms with E-state index in [1.54, 1.807) is 32.4 Å². The molecule has 0 fully saturated rings. The predicted octanol–water partition coefficient (Wildman–Crippen LogP) is 4.96. The number of rotatable bonds is 10. The lowest BCUT2D eigenvalue weighted by atomic mass is 10.1. The fourth-order valence-corrected chi connectivity index (χ4v) is 3.11. The van der Waals surface area contributed by atoms with Crippen LogP contribution in [0, 0.1) is 5.82 Å². The van der Waals surface area contributed by atoms with E-state index in [-0.39, 0.29) is 6.61 Å². The highest BCUT2D eigenvalue weighted by Crippen LogP contribution is 2.37. The van der Waals surface area contributed by atoms with Crippen LogP contribution in [0.5, 0.6) is 11.5 Å². The van der Waals surface area contributed by atoms with Gasteiger partial charge in [0.25, 0.3) is 0 Å². The van der Waals surface area contributed by atoms with Crippen LogP contribution >= 0.6 is 27.5 Å². The summed E-state index contributed by atoms with van der Waals surface area (Å²) in [5.74, 6) is 0.737. The van der Waals surface area contributed by atoms with E-state index in [2.05, 4.69) is 21.2 Å². The molecule has 0 saturated carbocycles. The molecule has 0 bridgehead atoms. The third-order valence-corrected chi connectivity index (χ3v) is 4.91. The van der Waals surface area contributed by atoms with E-state index >= 15 is 0 Å². The number of ether oxygens (including phenoxy) is 3. The minimum absolute atomic E-state index is 0.00892. The molecule has 0 heterocycles. The maximum atomic E-state index is 14.0. The fraction of sp³-hybridized carbons (Fsp3) is 0.368. The standard InChI is InChI=1S/C19H22BrClFNO3/c1-24-10-4-9-23-11-13-15(20)7-8-18(25-2)19(13)26-12-14-16(21)5-3-6-17(14)22/h3,5-8,23H,4,9-12H2,1-2H3. The normalized spacial score (nSPS) is 10.8. The predicted molar refractivity (Wildman–Crippen MR) is 105 cm³/mol. The zero-order valence-electron chi connectivity index (χ0n) is 14.8. The summed E-state index contributed by atoms with van der Waals surface area (Å²) in [4.78, 5) is 0. The van der Waals surface area contributed by atoms with Crippen LogP contribution in [0.4, 0.5) is 4.39 Å². The second kappa shape index (κ2) is 10.7. The SMILES string of the molecule is COCCCNCc1c(Br)ccc(OC)c1OCc1c(F)cccc1Cl. The zero-order chi connectivity index (χ0) is 18.9. The summed E-state index contributed by atoms with van der Waals surface area (Å²) in [6, 6.07) is 8.27. The van der Waals surface area contributed by atoms with Gasteiger partial charge in [0.05, 0.1) is 12.1 Å². The summed E-state index contributed by atoms with van der Waals surface area (Å²) >= 11 is 9.64. The molecule has 1 N–H and O–H groups in total. The lowest BCUT2D eigenvalue weighted by Gasteiger charge is -2.18. The maximum absolute atomic E-state index is 14.0. The average molecular weight is 447 g/mol. The van der Waals surface area contributed by atoms with E-state index in [1.807, 2.05) is 6.07 Å². The van der Waals surface area contributed by atoms with Crippen molar-refractivity contribution in [1.82, 2.24) is 5.32 Å². The first-order valence-corrected chi connectivity index (χ1v) is 9.36. The molecule has 2 rings (SSSR count). The van der Waals surface area contributed by atoms with Crippen LogP contribution in [-0.4, -0.2) is 27.4 Å². The highest BCUT2D eigenvalue weighted by molar-refractivity contribution is 9.10. The number of nitrogens with one attached hydrogen (secondary N) is 1. The van der Waals surface area contributed by atoms with Gasteiger partial charge in [-0.2, -0.15) is 0 Å². The Morgan fingerprint density at radius 3 is 2.65 bits per heavy atom. The monoisotopic (exact) mass is 445 g/mol. The fourth-order valence-electron chi connectivity index (χ4n) is 2.44. The van der Waals surface area contributed by atoms with Gasteiger partial charge in [-0.05, 0) is 37.2 Å². The molecular weight excluding hydrogens is 425 g/mol. The minimum atomic E-state index is -0.397.